The van der Waals surface area contributed by atoms with Gasteiger partial charge in [0.25, 0.3) is 0 Å². The zero-order valence-corrected chi connectivity index (χ0v) is 16.4. The van der Waals surface area contributed by atoms with Crippen LogP contribution in [0.1, 0.15) is 31.9 Å². The number of carboxylic acids is 1. The lowest BCUT2D eigenvalue weighted by atomic mass is 9.86. The maximum absolute atomic E-state index is 10.9. The van der Waals surface area contributed by atoms with Crippen LogP contribution in [-0.2, 0) is 16.6 Å². The molecule has 0 aliphatic carbocycles. The average Bonchev–Trinajstić information content (AvgIpc) is 2.68. The van der Waals surface area contributed by atoms with Gasteiger partial charge in [-0.05, 0) is 28.5 Å². The van der Waals surface area contributed by atoms with Gasteiger partial charge < -0.3 is 10.8 Å². The molecule has 0 unspecified atom stereocenters. The molecule has 0 fully saturated rings. The molecule has 28 heavy (non-hydrogen) atoms. The molecule has 144 valence electrons. The first-order valence-corrected chi connectivity index (χ1v) is 9.25. The van der Waals surface area contributed by atoms with Crippen LogP contribution in [0.3, 0.4) is 0 Å². The van der Waals surface area contributed by atoms with Gasteiger partial charge in [0, 0.05) is 23.5 Å². The standard InChI is InChI=1S/C23H25N3O2/c1-23(2,3)19-10-8-16(9-11-19)18-13-25-21(26-14-18)17-6-4-15(5-7-17)12-20(24)22(27)28/h4-11,13-14,20H,12,24H2,1-3H3,(H,27,28)/t20-/m0/s1. The van der Waals surface area contributed by atoms with Crippen molar-refractivity contribution in [1.29, 1.82) is 0 Å². The summed E-state index contributed by atoms with van der Waals surface area (Å²) in [5, 5.41) is 8.91. The molecule has 0 saturated heterocycles. The SMILES string of the molecule is CC(C)(C)c1ccc(-c2cnc(-c3ccc(C[C@H](N)C(=O)O)cc3)nc2)cc1. The monoisotopic (exact) mass is 375 g/mol. The molecule has 5 nitrogen and oxygen atoms in total. The average molecular weight is 375 g/mol. The number of benzene rings is 2. The molecule has 1 heterocycles. The minimum atomic E-state index is -1.00. The van der Waals surface area contributed by atoms with Gasteiger partial charge in [-0.2, -0.15) is 0 Å². The molecule has 3 N–H and O–H groups in total. The minimum absolute atomic E-state index is 0.124. The number of aromatic nitrogens is 2. The summed E-state index contributed by atoms with van der Waals surface area (Å²) < 4.78 is 0. The quantitative estimate of drug-likeness (QED) is 0.702. The van der Waals surface area contributed by atoms with E-state index in [4.69, 9.17) is 10.8 Å². The van der Waals surface area contributed by atoms with E-state index in [1.165, 1.54) is 5.56 Å². The molecule has 0 radical (unpaired) electrons. The van der Waals surface area contributed by atoms with E-state index >= 15 is 0 Å². The molecule has 0 saturated carbocycles. The molecule has 0 aliphatic heterocycles. The Balaban J connectivity index is 1.74. The topological polar surface area (TPSA) is 89.1 Å². The summed E-state index contributed by atoms with van der Waals surface area (Å²) in [6.07, 6.45) is 3.94. The van der Waals surface area contributed by atoms with Crippen molar-refractivity contribution in [3.8, 4) is 22.5 Å². The van der Waals surface area contributed by atoms with Crippen LogP contribution in [0.2, 0.25) is 0 Å². The van der Waals surface area contributed by atoms with Crippen LogP contribution in [0.15, 0.2) is 60.9 Å². The summed E-state index contributed by atoms with van der Waals surface area (Å²) in [7, 11) is 0. The number of aliphatic carboxylic acids is 1. The van der Waals surface area contributed by atoms with E-state index in [1.807, 2.05) is 36.7 Å². The lowest BCUT2D eigenvalue weighted by molar-refractivity contribution is -0.138. The number of hydrogen-bond acceptors (Lipinski definition) is 4. The zero-order valence-electron chi connectivity index (χ0n) is 16.4. The third kappa shape index (κ3) is 4.61. The van der Waals surface area contributed by atoms with Crippen LogP contribution in [-0.4, -0.2) is 27.1 Å². The van der Waals surface area contributed by atoms with Crippen molar-refractivity contribution in [2.24, 2.45) is 5.73 Å². The van der Waals surface area contributed by atoms with Crippen LogP contribution >= 0.6 is 0 Å². The number of carbonyl (C=O) groups is 1. The highest BCUT2D eigenvalue weighted by molar-refractivity contribution is 5.73. The van der Waals surface area contributed by atoms with Gasteiger partial charge in [0.05, 0.1) is 0 Å². The summed E-state index contributed by atoms with van der Waals surface area (Å²) in [5.41, 5.74) is 10.8. The Labute approximate surface area is 165 Å². The van der Waals surface area contributed by atoms with Gasteiger partial charge in [-0.3, -0.25) is 4.79 Å². The van der Waals surface area contributed by atoms with Crippen molar-refractivity contribution in [2.75, 3.05) is 0 Å². The Morgan fingerprint density at radius 2 is 1.46 bits per heavy atom. The van der Waals surface area contributed by atoms with E-state index < -0.39 is 12.0 Å². The molecular formula is C23H25N3O2. The molecule has 3 rings (SSSR count). The third-order valence-corrected chi connectivity index (χ3v) is 4.72. The van der Waals surface area contributed by atoms with Gasteiger partial charge in [0.15, 0.2) is 5.82 Å². The lowest BCUT2D eigenvalue weighted by Gasteiger charge is -2.19. The minimum Gasteiger partial charge on any atom is -0.480 e. The lowest BCUT2D eigenvalue weighted by Crippen LogP contribution is -2.32. The normalized spacial score (nSPS) is 12.6. The van der Waals surface area contributed by atoms with Crippen molar-refractivity contribution in [3.05, 3.63) is 72.1 Å². The molecule has 0 aliphatic rings. The molecular weight excluding hydrogens is 350 g/mol. The Morgan fingerprint density at radius 1 is 0.929 bits per heavy atom. The fourth-order valence-electron chi connectivity index (χ4n) is 2.92. The highest BCUT2D eigenvalue weighted by Crippen LogP contribution is 2.26. The molecule has 1 atom stereocenters. The number of hydrogen-bond donors (Lipinski definition) is 2. The fraction of sp³-hybridized carbons (Fsp3) is 0.261. The van der Waals surface area contributed by atoms with E-state index in [0.717, 1.165) is 22.3 Å². The van der Waals surface area contributed by atoms with E-state index in [1.54, 1.807) is 0 Å². The highest BCUT2D eigenvalue weighted by atomic mass is 16.4. The Morgan fingerprint density at radius 3 is 1.96 bits per heavy atom. The molecule has 2 aromatic carbocycles. The first-order valence-electron chi connectivity index (χ1n) is 9.25. The van der Waals surface area contributed by atoms with E-state index in [-0.39, 0.29) is 5.41 Å². The van der Waals surface area contributed by atoms with Gasteiger partial charge in [0.2, 0.25) is 0 Å². The van der Waals surface area contributed by atoms with Gasteiger partial charge in [-0.1, -0.05) is 69.3 Å². The van der Waals surface area contributed by atoms with Crippen LogP contribution < -0.4 is 5.73 Å². The number of carboxylic acid groups (broad SMARTS) is 1. The molecule has 3 aromatic rings. The molecule has 0 amide bonds. The Hall–Kier alpha value is -3.05. The van der Waals surface area contributed by atoms with Crippen molar-refractivity contribution < 1.29 is 9.90 Å². The first kappa shape index (κ1) is 19.7. The van der Waals surface area contributed by atoms with Gasteiger partial charge in [0.1, 0.15) is 6.04 Å². The van der Waals surface area contributed by atoms with E-state index in [9.17, 15) is 4.79 Å². The summed E-state index contributed by atoms with van der Waals surface area (Å²) >= 11 is 0. The summed E-state index contributed by atoms with van der Waals surface area (Å²) in [6.45, 7) is 6.58. The Bertz CT molecular complexity index is 941. The third-order valence-electron chi connectivity index (χ3n) is 4.72. The number of nitrogens with zero attached hydrogens (tertiary/aromatic N) is 2. The Kier molecular flexibility index (Phi) is 5.56. The van der Waals surface area contributed by atoms with Gasteiger partial charge in [-0.15, -0.1) is 0 Å². The van der Waals surface area contributed by atoms with Crippen LogP contribution in [0.25, 0.3) is 22.5 Å². The summed E-state index contributed by atoms with van der Waals surface area (Å²) in [6, 6.07) is 15.1. The predicted octanol–water partition coefficient (Wildman–Crippen LogP) is 4.06. The zero-order chi connectivity index (χ0) is 20.3. The van der Waals surface area contributed by atoms with Gasteiger partial charge in [-0.25, -0.2) is 9.97 Å². The maximum atomic E-state index is 10.9. The number of nitrogens with two attached hydrogens (primary N) is 1. The molecule has 5 heteroatoms. The highest BCUT2D eigenvalue weighted by Gasteiger charge is 2.14. The van der Waals surface area contributed by atoms with Crippen molar-refractivity contribution in [2.45, 2.75) is 38.6 Å². The second-order valence-corrected chi connectivity index (χ2v) is 7.97. The first-order chi connectivity index (χ1) is 13.2. The maximum Gasteiger partial charge on any atom is 0.320 e. The van der Waals surface area contributed by atoms with Crippen LogP contribution in [0, 0.1) is 0 Å². The van der Waals surface area contributed by atoms with Crippen LogP contribution in [0.5, 0.6) is 0 Å². The second-order valence-electron chi connectivity index (χ2n) is 7.97. The van der Waals surface area contributed by atoms with Crippen LogP contribution in [0.4, 0.5) is 0 Å². The number of rotatable bonds is 5. The van der Waals surface area contributed by atoms with Crippen molar-refractivity contribution in [3.63, 3.8) is 0 Å². The molecule has 1 aromatic heterocycles. The second kappa shape index (κ2) is 7.90. The van der Waals surface area contributed by atoms with E-state index in [0.29, 0.717) is 12.2 Å². The molecule has 0 bridgehead atoms. The largest absolute Gasteiger partial charge is 0.480 e. The fourth-order valence-corrected chi connectivity index (χ4v) is 2.92. The predicted molar refractivity (Wildman–Crippen MR) is 111 cm³/mol. The summed E-state index contributed by atoms with van der Waals surface area (Å²) in [5.74, 6) is -0.373. The van der Waals surface area contributed by atoms with Crippen molar-refractivity contribution >= 4 is 5.97 Å². The smallest absolute Gasteiger partial charge is 0.320 e. The molecule has 0 spiro atoms. The van der Waals surface area contributed by atoms with Crippen molar-refractivity contribution in [1.82, 2.24) is 9.97 Å². The van der Waals surface area contributed by atoms with Gasteiger partial charge >= 0.3 is 5.97 Å². The summed E-state index contributed by atoms with van der Waals surface area (Å²) in [4.78, 5) is 19.8. The van der Waals surface area contributed by atoms with E-state index in [2.05, 4.69) is 55.0 Å².